The SMILES string of the molecule is CCC(C(=O)NC(C)(C)C)N(Cc1c(Cl)cccc1Cl)C(=O)CN(c1cccc([N+](=O)[O-])c1)S(C)(=O)=O. The molecular weight excluding hydrogens is 543 g/mol. The first-order valence-corrected chi connectivity index (χ1v) is 13.9. The van der Waals surface area contributed by atoms with Crippen LogP contribution in [0.5, 0.6) is 0 Å². The Morgan fingerprint density at radius 3 is 2.16 bits per heavy atom. The molecular formula is C24H30Cl2N4O6S. The Kier molecular flexibility index (Phi) is 9.92. The predicted octanol–water partition coefficient (Wildman–Crippen LogP) is 4.39. The zero-order valence-corrected chi connectivity index (χ0v) is 23.5. The van der Waals surface area contributed by atoms with E-state index >= 15 is 0 Å². The Hall–Kier alpha value is -2.89. The first kappa shape index (κ1) is 30.3. The minimum absolute atomic E-state index is 0.0621. The van der Waals surface area contributed by atoms with Gasteiger partial charge in [0.25, 0.3) is 5.69 Å². The number of sulfonamides is 1. The fourth-order valence-corrected chi connectivity index (χ4v) is 4.96. The summed E-state index contributed by atoms with van der Waals surface area (Å²) in [4.78, 5) is 38.7. The van der Waals surface area contributed by atoms with Crippen LogP contribution < -0.4 is 9.62 Å². The fraction of sp³-hybridized carbons (Fsp3) is 0.417. The topological polar surface area (TPSA) is 130 Å². The maximum absolute atomic E-state index is 13.7. The molecule has 0 saturated carbocycles. The predicted molar refractivity (Wildman–Crippen MR) is 144 cm³/mol. The molecule has 2 aromatic rings. The molecule has 0 spiro atoms. The van der Waals surface area contributed by atoms with E-state index in [0.717, 1.165) is 16.6 Å². The van der Waals surface area contributed by atoms with Crippen molar-refractivity contribution in [1.82, 2.24) is 10.2 Å². The summed E-state index contributed by atoms with van der Waals surface area (Å²) in [5, 5.41) is 14.6. The van der Waals surface area contributed by atoms with E-state index in [1.807, 2.05) is 0 Å². The zero-order valence-electron chi connectivity index (χ0n) is 21.2. The van der Waals surface area contributed by atoms with E-state index in [1.54, 1.807) is 45.9 Å². The summed E-state index contributed by atoms with van der Waals surface area (Å²) < 4.78 is 26.1. The average molecular weight is 573 g/mol. The maximum Gasteiger partial charge on any atom is 0.271 e. The third-order valence-electron chi connectivity index (χ3n) is 5.28. The molecule has 0 fully saturated rings. The van der Waals surface area contributed by atoms with Crippen molar-refractivity contribution in [1.29, 1.82) is 0 Å². The van der Waals surface area contributed by atoms with Gasteiger partial charge in [-0.15, -0.1) is 0 Å². The number of carbonyl (C=O) groups excluding carboxylic acids is 2. The third-order valence-corrected chi connectivity index (χ3v) is 7.13. The third kappa shape index (κ3) is 8.31. The molecule has 2 aromatic carbocycles. The lowest BCUT2D eigenvalue weighted by molar-refractivity contribution is -0.384. The number of hydrogen-bond acceptors (Lipinski definition) is 6. The molecule has 2 rings (SSSR count). The van der Waals surface area contributed by atoms with Crippen molar-refractivity contribution in [3.63, 3.8) is 0 Å². The number of amides is 2. The van der Waals surface area contributed by atoms with E-state index < -0.39 is 44.9 Å². The van der Waals surface area contributed by atoms with E-state index in [9.17, 15) is 28.1 Å². The van der Waals surface area contributed by atoms with E-state index in [2.05, 4.69) is 5.32 Å². The number of benzene rings is 2. The lowest BCUT2D eigenvalue weighted by Gasteiger charge is -2.34. The summed E-state index contributed by atoms with van der Waals surface area (Å²) in [6.07, 6.45) is 1.10. The molecule has 0 saturated heterocycles. The minimum Gasteiger partial charge on any atom is -0.350 e. The van der Waals surface area contributed by atoms with Gasteiger partial charge in [-0.1, -0.05) is 42.3 Å². The average Bonchev–Trinajstić information content (AvgIpc) is 2.77. The van der Waals surface area contributed by atoms with Gasteiger partial charge in [0, 0.05) is 39.8 Å². The van der Waals surface area contributed by atoms with Gasteiger partial charge < -0.3 is 10.2 Å². The number of nitrogens with zero attached hydrogens (tertiary/aromatic N) is 3. The highest BCUT2D eigenvalue weighted by molar-refractivity contribution is 7.92. The molecule has 0 aliphatic carbocycles. The molecule has 1 atom stereocenters. The highest BCUT2D eigenvalue weighted by Gasteiger charge is 2.34. The van der Waals surface area contributed by atoms with E-state index in [1.165, 1.54) is 23.1 Å². The summed E-state index contributed by atoms with van der Waals surface area (Å²) in [5.74, 6) is -1.16. The minimum atomic E-state index is -4.05. The number of rotatable bonds is 10. The first-order chi connectivity index (χ1) is 17.0. The highest BCUT2D eigenvalue weighted by atomic mass is 35.5. The van der Waals surface area contributed by atoms with E-state index in [-0.39, 0.29) is 34.4 Å². The molecule has 0 bridgehead atoms. The number of anilines is 1. The Bertz CT molecular complexity index is 1260. The van der Waals surface area contributed by atoms with E-state index in [0.29, 0.717) is 5.56 Å². The van der Waals surface area contributed by atoms with Crippen LogP contribution in [-0.2, 0) is 26.2 Å². The number of halogens is 2. The molecule has 37 heavy (non-hydrogen) atoms. The Morgan fingerprint density at radius 2 is 1.68 bits per heavy atom. The number of hydrogen-bond donors (Lipinski definition) is 1. The van der Waals surface area contributed by atoms with Crippen LogP contribution >= 0.6 is 23.2 Å². The Morgan fingerprint density at radius 1 is 1.11 bits per heavy atom. The standard InChI is InChI=1S/C24H30Cl2N4O6S/c1-6-21(23(32)27-24(2,3)4)28(14-18-19(25)11-8-12-20(18)26)22(31)15-29(37(5,35)36)16-9-7-10-17(13-16)30(33)34/h7-13,21H,6,14-15H2,1-5H3,(H,27,32). The van der Waals surface area contributed by atoms with Crippen LogP contribution in [0.25, 0.3) is 0 Å². The van der Waals surface area contributed by atoms with Gasteiger partial charge >= 0.3 is 0 Å². The molecule has 202 valence electrons. The number of carbonyl (C=O) groups is 2. The van der Waals surface area contributed by atoms with Gasteiger partial charge in [0.05, 0.1) is 16.9 Å². The van der Waals surface area contributed by atoms with Crippen LogP contribution in [0.15, 0.2) is 42.5 Å². The molecule has 13 heteroatoms. The quantitative estimate of drug-likeness (QED) is 0.332. The molecule has 10 nitrogen and oxygen atoms in total. The summed E-state index contributed by atoms with van der Waals surface area (Å²) in [7, 11) is -4.05. The molecule has 0 aromatic heterocycles. The largest absolute Gasteiger partial charge is 0.350 e. The van der Waals surface area contributed by atoms with Crippen molar-refractivity contribution < 1.29 is 22.9 Å². The number of nitro benzene ring substituents is 1. The number of nitro groups is 1. The van der Waals surface area contributed by atoms with Crippen molar-refractivity contribution in [2.24, 2.45) is 0 Å². The monoisotopic (exact) mass is 572 g/mol. The normalized spacial score (nSPS) is 12.5. The molecule has 1 N–H and O–H groups in total. The van der Waals surface area contributed by atoms with Gasteiger partial charge in [-0.3, -0.25) is 24.0 Å². The molecule has 0 heterocycles. The molecule has 0 aliphatic heterocycles. The lowest BCUT2D eigenvalue weighted by Crippen LogP contribution is -2.55. The summed E-state index contributed by atoms with van der Waals surface area (Å²) in [6.45, 7) is 6.23. The van der Waals surface area contributed by atoms with Crippen molar-refractivity contribution in [2.45, 2.75) is 52.2 Å². The second-order valence-electron chi connectivity index (χ2n) is 9.43. The fourth-order valence-electron chi connectivity index (χ4n) is 3.60. The molecule has 0 radical (unpaired) electrons. The molecule has 0 aliphatic rings. The van der Waals surface area contributed by atoms with Gasteiger partial charge in [0.2, 0.25) is 21.8 Å². The van der Waals surface area contributed by atoms with Crippen molar-refractivity contribution in [2.75, 3.05) is 17.1 Å². The summed E-state index contributed by atoms with van der Waals surface area (Å²) in [5.41, 5.74) is -0.604. The van der Waals surface area contributed by atoms with Gasteiger partial charge in [-0.25, -0.2) is 8.42 Å². The summed E-state index contributed by atoms with van der Waals surface area (Å²) >= 11 is 12.7. The number of non-ortho nitro benzene ring substituents is 1. The van der Waals surface area contributed by atoms with Crippen LogP contribution in [0.1, 0.15) is 39.7 Å². The van der Waals surface area contributed by atoms with Crippen LogP contribution in [0.4, 0.5) is 11.4 Å². The number of nitrogens with one attached hydrogen (secondary N) is 1. The van der Waals surface area contributed by atoms with Crippen molar-refractivity contribution >= 4 is 56.4 Å². The smallest absolute Gasteiger partial charge is 0.271 e. The van der Waals surface area contributed by atoms with Gasteiger partial charge in [0.15, 0.2) is 0 Å². The summed E-state index contributed by atoms with van der Waals surface area (Å²) in [6, 6.07) is 8.78. The Labute approximate surface area is 226 Å². The lowest BCUT2D eigenvalue weighted by atomic mass is 10.1. The van der Waals surface area contributed by atoms with Crippen LogP contribution in [0, 0.1) is 10.1 Å². The second-order valence-corrected chi connectivity index (χ2v) is 12.2. The van der Waals surface area contributed by atoms with Crippen LogP contribution in [0.3, 0.4) is 0 Å². The molecule has 2 amide bonds. The maximum atomic E-state index is 13.7. The Balaban J connectivity index is 2.56. The van der Waals surface area contributed by atoms with Crippen LogP contribution in [-0.4, -0.2) is 54.4 Å². The van der Waals surface area contributed by atoms with Gasteiger partial charge in [-0.05, 0) is 45.4 Å². The first-order valence-electron chi connectivity index (χ1n) is 11.3. The van der Waals surface area contributed by atoms with Gasteiger partial charge in [0.1, 0.15) is 12.6 Å². The zero-order chi connectivity index (χ0) is 28.1. The highest BCUT2D eigenvalue weighted by Crippen LogP contribution is 2.28. The van der Waals surface area contributed by atoms with Gasteiger partial charge in [-0.2, -0.15) is 0 Å². The molecule has 1 unspecified atom stereocenters. The van der Waals surface area contributed by atoms with Crippen molar-refractivity contribution in [3.05, 3.63) is 68.2 Å². The van der Waals surface area contributed by atoms with Crippen LogP contribution in [0.2, 0.25) is 10.0 Å². The van der Waals surface area contributed by atoms with Crippen molar-refractivity contribution in [3.8, 4) is 0 Å². The second kappa shape index (κ2) is 12.1. The van der Waals surface area contributed by atoms with E-state index in [4.69, 9.17) is 23.2 Å².